The number of hydrogen-bond acceptors (Lipinski definition) is 3. The molecular weight excluding hydrogens is 364 g/mol. The first-order valence-electron chi connectivity index (χ1n) is 9.90. The molecule has 1 aliphatic rings. The number of imidazole rings is 1. The van der Waals surface area contributed by atoms with Crippen molar-refractivity contribution in [2.24, 2.45) is 0 Å². The van der Waals surface area contributed by atoms with Crippen molar-refractivity contribution in [1.29, 1.82) is 0 Å². The molecule has 0 aliphatic carbocycles. The molecule has 2 aromatic carbocycles. The molecule has 1 N–H and O–H groups in total. The predicted octanol–water partition coefficient (Wildman–Crippen LogP) is 3.43. The molecule has 0 radical (unpaired) electrons. The van der Waals surface area contributed by atoms with Gasteiger partial charge in [-0.1, -0.05) is 48.5 Å². The maximum Gasteiger partial charge on any atom is 0.294 e. The topological polar surface area (TPSA) is 67.2 Å². The zero-order valence-electron chi connectivity index (χ0n) is 16.5. The summed E-state index contributed by atoms with van der Waals surface area (Å²) in [7, 11) is 1.73. The molecule has 1 aliphatic heterocycles. The summed E-state index contributed by atoms with van der Waals surface area (Å²) in [6.45, 7) is 1.14. The van der Waals surface area contributed by atoms with Gasteiger partial charge in [-0.25, -0.2) is 4.98 Å². The van der Waals surface area contributed by atoms with Gasteiger partial charge in [-0.2, -0.15) is 0 Å². The number of anilines is 1. The minimum atomic E-state index is -0.235. The summed E-state index contributed by atoms with van der Waals surface area (Å²) in [6, 6.07) is 19.2. The number of fused-ring (bicyclic) bond motifs is 1. The lowest BCUT2D eigenvalue weighted by Gasteiger charge is -2.20. The van der Waals surface area contributed by atoms with E-state index in [1.165, 1.54) is 0 Å². The van der Waals surface area contributed by atoms with Crippen molar-refractivity contribution in [2.75, 3.05) is 11.9 Å². The number of carbonyl (C=O) groups is 2. The van der Waals surface area contributed by atoms with Crippen LogP contribution in [-0.4, -0.2) is 28.4 Å². The number of benzene rings is 2. The summed E-state index contributed by atoms with van der Waals surface area (Å²) in [4.78, 5) is 32.1. The number of hydrogen-bond donors (Lipinski definition) is 1. The lowest BCUT2D eigenvalue weighted by Crippen LogP contribution is -2.30. The number of amides is 2. The molecule has 6 nitrogen and oxygen atoms in total. The van der Waals surface area contributed by atoms with Crippen LogP contribution < -0.4 is 10.2 Å². The van der Waals surface area contributed by atoms with Crippen molar-refractivity contribution in [3.8, 4) is 0 Å². The molecule has 0 fully saturated rings. The molecule has 1 aromatic heterocycles. The highest BCUT2D eigenvalue weighted by molar-refractivity contribution is 6.05. The Bertz CT molecular complexity index is 1010. The first-order chi connectivity index (χ1) is 14.1. The van der Waals surface area contributed by atoms with Gasteiger partial charge in [0.1, 0.15) is 5.69 Å². The van der Waals surface area contributed by atoms with Gasteiger partial charge in [-0.15, -0.1) is 0 Å². The molecule has 4 rings (SSSR count). The first kappa shape index (κ1) is 18.9. The van der Waals surface area contributed by atoms with Gasteiger partial charge in [0.2, 0.25) is 5.82 Å². The van der Waals surface area contributed by atoms with Crippen LogP contribution in [0.15, 0.2) is 60.7 Å². The second kappa shape index (κ2) is 8.31. The monoisotopic (exact) mass is 388 g/mol. The van der Waals surface area contributed by atoms with E-state index in [4.69, 9.17) is 0 Å². The van der Waals surface area contributed by atoms with Gasteiger partial charge in [0, 0.05) is 25.8 Å². The van der Waals surface area contributed by atoms with Crippen LogP contribution in [0.2, 0.25) is 0 Å². The van der Waals surface area contributed by atoms with Crippen LogP contribution >= 0.6 is 0 Å². The molecular formula is C23H24N4O2. The molecule has 29 heavy (non-hydrogen) atoms. The summed E-state index contributed by atoms with van der Waals surface area (Å²) in [5.41, 5.74) is 3.03. The van der Waals surface area contributed by atoms with Gasteiger partial charge < -0.3 is 14.8 Å². The summed E-state index contributed by atoms with van der Waals surface area (Å²) in [6.07, 6.45) is 2.72. The molecule has 6 heteroatoms. The third-order valence-electron chi connectivity index (χ3n) is 5.27. The van der Waals surface area contributed by atoms with Crippen LogP contribution in [0.3, 0.4) is 0 Å². The highest BCUT2D eigenvalue weighted by Crippen LogP contribution is 2.23. The number of nitrogens with zero attached hydrogens (tertiary/aromatic N) is 3. The van der Waals surface area contributed by atoms with Crippen LogP contribution in [0.4, 0.5) is 5.69 Å². The number of nitrogens with one attached hydrogen (secondary N) is 1. The van der Waals surface area contributed by atoms with E-state index in [-0.39, 0.29) is 11.8 Å². The SMILES string of the molecule is CN(C(=O)c1nc(C(=O)NCc2ccccc2)c2n1CCCC2)c1ccccc1. The molecule has 2 amide bonds. The van der Waals surface area contributed by atoms with E-state index in [0.29, 0.717) is 24.6 Å². The Morgan fingerprint density at radius 3 is 2.45 bits per heavy atom. The minimum absolute atomic E-state index is 0.207. The maximum absolute atomic E-state index is 13.1. The number of para-hydroxylation sites is 1. The molecule has 0 saturated heterocycles. The fourth-order valence-corrected chi connectivity index (χ4v) is 3.67. The van der Waals surface area contributed by atoms with Crippen LogP contribution in [0.25, 0.3) is 0 Å². The number of aromatic nitrogens is 2. The smallest absolute Gasteiger partial charge is 0.294 e. The third-order valence-corrected chi connectivity index (χ3v) is 5.27. The van der Waals surface area contributed by atoms with Crippen molar-refractivity contribution in [3.63, 3.8) is 0 Å². The average molecular weight is 388 g/mol. The molecule has 148 valence electrons. The van der Waals surface area contributed by atoms with Crippen LogP contribution in [0.1, 0.15) is 45.2 Å². The lowest BCUT2D eigenvalue weighted by atomic mass is 10.1. The van der Waals surface area contributed by atoms with Crippen molar-refractivity contribution < 1.29 is 9.59 Å². The molecule has 0 atom stereocenters. The summed E-state index contributed by atoms with van der Waals surface area (Å²) >= 11 is 0. The quantitative estimate of drug-likeness (QED) is 0.728. The second-order valence-corrected chi connectivity index (χ2v) is 7.21. The highest BCUT2D eigenvalue weighted by atomic mass is 16.2. The molecule has 0 bridgehead atoms. The van der Waals surface area contributed by atoms with E-state index in [1.807, 2.05) is 65.2 Å². The van der Waals surface area contributed by atoms with E-state index >= 15 is 0 Å². The molecule has 2 heterocycles. The Kier molecular flexibility index (Phi) is 5.42. The van der Waals surface area contributed by atoms with E-state index in [2.05, 4.69) is 10.3 Å². The molecule has 0 saturated carbocycles. The van der Waals surface area contributed by atoms with Gasteiger partial charge in [-0.3, -0.25) is 9.59 Å². The summed E-state index contributed by atoms with van der Waals surface area (Å²) in [5.74, 6) is -0.113. The fourth-order valence-electron chi connectivity index (χ4n) is 3.67. The van der Waals surface area contributed by atoms with E-state index < -0.39 is 0 Å². The zero-order valence-corrected chi connectivity index (χ0v) is 16.5. The van der Waals surface area contributed by atoms with Gasteiger partial charge in [-0.05, 0) is 37.0 Å². The van der Waals surface area contributed by atoms with Crippen LogP contribution in [0.5, 0.6) is 0 Å². The Hall–Kier alpha value is -3.41. The van der Waals surface area contributed by atoms with Gasteiger partial charge >= 0.3 is 0 Å². The van der Waals surface area contributed by atoms with E-state index in [0.717, 1.165) is 36.2 Å². The largest absolute Gasteiger partial charge is 0.347 e. The lowest BCUT2D eigenvalue weighted by molar-refractivity contribution is 0.0945. The van der Waals surface area contributed by atoms with E-state index in [9.17, 15) is 9.59 Å². The summed E-state index contributed by atoms with van der Waals surface area (Å²) < 4.78 is 1.92. The van der Waals surface area contributed by atoms with Crippen LogP contribution in [0, 0.1) is 0 Å². The molecule has 3 aromatic rings. The standard InChI is InChI=1S/C23H24N4O2/c1-26(18-12-6-3-7-13-18)23(29)21-25-20(19-14-8-9-15-27(19)21)22(28)24-16-17-10-4-2-5-11-17/h2-7,10-13H,8-9,14-16H2,1H3,(H,24,28). The maximum atomic E-state index is 13.1. The van der Waals surface area contributed by atoms with Crippen molar-refractivity contribution in [2.45, 2.75) is 32.4 Å². The Morgan fingerprint density at radius 2 is 1.72 bits per heavy atom. The number of carbonyl (C=O) groups excluding carboxylic acids is 2. The van der Waals surface area contributed by atoms with Crippen molar-refractivity contribution in [1.82, 2.24) is 14.9 Å². The highest BCUT2D eigenvalue weighted by Gasteiger charge is 2.29. The number of rotatable bonds is 5. The van der Waals surface area contributed by atoms with Gasteiger partial charge in [0.15, 0.2) is 0 Å². The normalized spacial score (nSPS) is 12.9. The van der Waals surface area contributed by atoms with Gasteiger partial charge in [0.05, 0.1) is 5.69 Å². The average Bonchev–Trinajstić information content (AvgIpc) is 3.17. The van der Waals surface area contributed by atoms with Crippen molar-refractivity contribution in [3.05, 3.63) is 83.4 Å². The third kappa shape index (κ3) is 3.92. The zero-order chi connectivity index (χ0) is 20.2. The van der Waals surface area contributed by atoms with E-state index in [1.54, 1.807) is 11.9 Å². The van der Waals surface area contributed by atoms with Crippen LogP contribution in [-0.2, 0) is 19.5 Å². The Labute approximate surface area is 170 Å². The summed E-state index contributed by atoms with van der Waals surface area (Å²) in [5, 5.41) is 2.94. The molecule has 0 unspecified atom stereocenters. The second-order valence-electron chi connectivity index (χ2n) is 7.21. The predicted molar refractivity (Wildman–Crippen MR) is 112 cm³/mol. The Morgan fingerprint density at radius 1 is 1.03 bits per heavy atom. The molecule has 0 spiro atoms. The first-order valence-corrected chi connectivity index (χ1v) is 9.90. The minimum Gasteiger partial charge on any atom is -0.347 e. The Balaban J connectivity index is 1.60. The van der Waals surface area contributed by atoms with Gasteiger partial charge in [0.25, 0.3) is 11.8 Å². The fraction of sp³-hybridized carbons (Fsp3) is 0.261. The van der Waals surface area contributed by atoms with Crippen molar-refractivity contribution >= 4 is 17.5 Å².